The Labute approximate surface area is 161 Å². The molecule has 2 rings (SSSR count). The van der Waals surface area contributed by atoms with E-state index in [1.54, 1.807) is 30.1 Å². The fourth-order valence-electron chi connectivity index (χ4n) is 2.11. The smallest absolute Gasteiger partial charge is 0.273 e. The van der Waals surface area contributed by atoms with Crippen molar-refractivity contribution < 1.29 is 4.79 Å². The van der Waals surface area contributed by atoms with Crippen molar-refractivity contribution in [3.8, 4) is 11.3 Å². The molecule has 10 heteroatoms. The third kappa shape index (κ3) is 5.29. The number of hydrogen-bond acceptors (Lipinski definition) is 4. The molecule has 1 amide bonds. The number of pyridine rings is 1. The molecule has 2 aromatic rings. The van der Waals surface area contributed by atoms with Gasteiger partial charge in [0.25, 0.3) is 5.91 Å². The Morgan fingerprint density at radius 2 is 1.92 bits per heavy atom. The van der Waals surface area contributed by atoms with Crippen molar-refractivity contribution in [2.75, 3.05) is 7.05 Å². The van der Waals surface area contributed by atoms with Gasteiger partial charge in [-0.3, -0.25) is 20.3 Å². The molecular formula is C15H18Cl2N6OS. The molecule has 0 aromatic carbocycles. The summed E-state index contributed by atoms with van der Waals surface area (Å²) in [4.78, 5) is 16.5. The van der Waals surface area contributed by atoms with E-state index in [2.05, 4.69) is 40.1 Å². The standard InChI is InChI=1S/C15H18Cl2N6OS/c1-8(2)6-23-7-10(14(24)20-21-15(25)18-3)13(22-23)9-4-11(16)19-12(17)5-9/h4-5,7-8H,6H2,1-3H3,(H,20,24)(H2,18,21,25). The highest BCUT2D eigenvalue weighted by Crippen LogP contribution is 2.27. The Balaban J connectivity index is 2.40. The second-order valence-electron chi connectivity index (χ2n) is 5.67. The summed E-state index contributed by atoms with van der Waals surface area (Å²) >= 11 is 16.9. The van der Waals surface area contributed by atoms with Crippen LogP contribution in [0.15, 0.2) is 18.3 Å². The molecule has 2 heterocycles. The molecule has 7 nitrogen and oxygen atoms in total. The summed E-state index contributed by atoms with van der Waals surface area (Å²) in [6, 6.07) is 3.22. The van der Waals surface area contributed by atoms with Crippen molar-refractivity contribution in [3.05, 3.63) is 34.2 Å². The lowest BCUT2D eigenvalue weighted by Gasteiger charge is -2.08. The first-order valence-electron chi connectivity index (χ1n) is 7.49. The number of nitrogens with one attached hydrogen (secondary N) is 3. The first kappa shape index (κ1) is 19.4. The minimum absolute atomic E-state index is 0.224. The van der Waals surface area contributed by atoms with Crippen LogP contribution < -0.4 is 16.2 Å². The van der Waals surface area contributed by atoms with Gasteiger partial charge in [-0.25, -0.2) is 4.98 Å². The summed E-state index contributed by atoms with van der Waals surface area (Å²) in [5, 5.41) is 7.95. The van der Waals surface area contributed by atoms with E-state index in [4.69, 9.17) is 35.4 Å². The molecule has 0 radical (unpaired) electrons. The maximum Gasteiger partial charge on any atom is 0.273 e. The lowest BCUT2D eigenvalue weighted by atomic mass is 10.1. The summed E-state index contributed by atoms with van der Waals surface area (Å²) < 4.78 is 1.72. The third-order valence-electron chi connectivity index (χ3n) is 3.11. The van der Waals surface area contributed by atoms with Gasteiger partial charge in [0.05, 0.1) is 5.56 Å². The molecule has 0 fully saturated rings. The van der Waals surface area contributed by atoms with Gasteiger partial charge in [0, 0.05) is 25.4 Å². The van der Waals surface area contributed by atoms with Gasteiger partial charge in [-0.1, -0.05) is 37.0 Å². The first-order chi connectivity index (χ1) is 11.8. The van der Waals surface area contributed by atoms with Crippen molar-refractivity contribution in [2.45, 2.75) is 20.4 Å². The highest BCUT2D eigenvalue weighted by molar-refractivity contribution is 7.80. The fraction of sp³-hybridized carbons (Fsp3) is 0.333. The Kier molecular flexibility index (Phi) is 6.57. The number of rotatable bonds is 4. The average molecular weight is 401 g/mol. The van der Waals surface area contributed by atoms with E-state index < -0.39 is 0 Å². The van der Waals surface area contributed by atoms with Crippen LogP contribution in [0.3, 0.4) is 0 Å². The topological polar surface area (TPSA) is 83.9 Å². The normalized spacial score (nSPS) is 10.6. The lowest BCUT2D eigenvalue weighted by Crippen LogP contribution is -2.45. The quantitative estimate of drug-likeness (QED) is 0.415. The lowest BCUT2D eigenvalue weighted by molar-refractivity contribution is 0.0944. The molecule has 0 atom stereocenters. The second kappa shape index (κ2) is 8.46. The van der Waals surface area contributed by atoms with Crippen LogP contribution in [0.2, 0.25) is 10.3 Å². The van der Waals surface area contributed by atoms with Crippen molar-refractivity contribution >= 4 is 46.4 Å². The van der Waals surface area contributed by atoms with Gasteiger partial charge in [0.2, 0.25) is 0 Å². The summed E-state index contributed by atoms with van der Waals surface area (Å²) in [5.74, 6) is -0.0186. The van der Waals surface area contributed by atoms with Crippen molar-refractivity contribution in [1.29, 1.82) is 0 Å². The Bertz CT molecular complexity index is 772. The van der Waals surface area contributed by atoms with Gasteiger partial charge in [0.15, 0.2) is 5.11 Å². The third-order valence-corrected chi connectivity index (χ3v) is 3.80. The van der Waals surface area contributed by atoms with Crippen molar-refractivity contribution in [2.24, 2.45) is 5.92 Å². The zero-order valence-corrected chi connectivity index (χ0v) is 16.3. The molecule has 0 aliphatic heterocycles. The Hall–Kier alpha value is -1.90. The number of halogens is 2. The van der Waals surface area contributed by atoms with Crippen LogP contribution in [-0.4, -0.2) is 32.8 Å². The summed E-state index contributed by atoms with van der Waals surface area (Å²) in [5.41, 5.74) is 6.56. The first-order valence-corrected chi connectivity index (χ1v) is 8.65. The van der Waals surface area contributed by atoms with Crippen LogP contribution in [0.25, 0.3) is 11.3 Å². The fourth-order valence-corrected chi connectivity index (χ4v) is 2.62. The molecule has 0 saturated carbocycles. The molecule has 2 aromatic heterocycles. The van der Waals surface area contributed by atoms with Crippen LogP contribution in [0.4, 0.5) is 0 Å². The highest BCUT2D eigenvalue weighted by Gasteiger charge is 2.19. The van der Waals surface area contributed by atoms with Gasteiger partial charge >= 0.3 is 0 Å². The number of carbonyl (C=O) groups is 1. The molecule has 0 unspecified atom stereocenters. The number of carbonyl (C=O) groups excluding carboxylic acids is 1. The molecule has 3 N–H and O–H groups in total. The van der Waals surface area contributed by atoms with E-state index in [0.29, 0.717) is 34.4 Å². The number of hydrazine groups is 1. The predicted molar refractivity (Wildman–Crippen MR) is 103 cm³/mol. The molecule has 134 valence electrons. The number of hydrogen-bond donors (Lipinski definition) is 3. The van der Waals surface area contributed by atoms with E-state index in [1.165, 1.54) is 0 Å². The average Bonchev–Trinajstić information content (AvgIpc) is 2.94. The SMILES string of the molecule is CNC(=S)NNC(=O)c1cn(CC(C)C)nc1-c1cc(Cl)nc(Cl)c1. The van der Waals surface area contributed by atoms with Crippen LogP contribution in [-0.2, 0) is 6.54 Å². The number of amides is 1. The van der Waals surface area contributed by atoms with Crippen LogP contribution in [0.5, 0.6) is 0 Å². The number of aromatic nitrogens is 3. The summed E-state index contributed by atoms with van der Waals surface area (Å²) in [6.07, 6.45) is 1.68. The molecule has 0 saturated heterocycles. The van der Waals surface area contributed by atoms with E-state index in [9.17, 15) is 4.79 Å². The van der Waals surface area contributed by atoms with Crippen LogP contribution in [0, 0.1) is 5.92 Å². The maximum atomic E-state index is 12.5. The van der Waals surface area contributed by atoms with Crippen LogP contribution >= 0.6 is 35.4 Å². The number of nitrogens with zero attached hydrogens (tertiary/aromatic N) is 3. The minimum Gasteiger partial charge on any atom is -0.364 e. The zero-order chi connectivity index (χ0) is 18.6. The van der Waals surface area contributed by atoms with Gasteiger partial charge < -0.3 is 5.32 Å². The highest BCUT2D eigenvalue weighted by atomic mass is 35.5. The van der Waals surface area contributed by atoms with Gasteiger partial charge in [0.1, 0.15) is 16.0 Å². The monoisotopic (exact) mass is 400 g/mol. The van der Waals surface area contributed by atoms with Crippen molar-refractivity contribution in [3.63, 3.8) is 0 Å². The summed E-state index contributed by atoms with van der Waals surface area (Å²) in [6.45, 7) is 4.79. The molecule has 0 aliphatic rings. The van der Waals surface area contributed by atoms with E-state index >= 15 is 0 Å². The molecule has 0 bridgehead atoms. The van der Waals surface area contributed by atoms with Gasteiger partial charge in [-0.05, 0) is 30.3 Å². The van der Waals surface area contributed by atoms with Gasteiger partial charge in [-0.2, -0.15) is 5.10 Å². The molecule has 25 heavy (non-hydrogen) atoms. The van der Waals surface area contributed by atoms with Crippen molar-refractivity contribution in [1.82, 2.24) is 30.9 Å². The number of thiocarbonyl (C=S) groups is 1. The molecular weight excluding hydrogens is 383 g/mol. The maximum absolute atomic E-state index is 12.5. The molecule has 0 aliphatic carbocycles. The predicted octanol–water partition coefficient (Wildman–Crippen LogP) is 2.65. The van der Waals surface area contributed by atoms with E-state index in [-0.39, 0.29) is 16.2 Å². The van der Waals surface area contributed by atoms with Crippen LogP contribution in [0.1, 0.15) is 24.2 Å². The minimum atomic E-state index is -0.383. The Morgan fingerprint density at radius 3 is 2.48 bits per heavy atom. The zero-order valence-electron chi connectivity index (χ0n) is 13.9. The second-order valence-corrected chi connectivity index (χ2v) is 6.85. The largest absolute Gasteiger partial charge is 0.364 e. The molecule has 0 spiro atoms. The Morgan fingerprint density at radius 1 is 1.28 bits per heavy atom. The summed E-state index contributed by atoms with van der Waals surface area (Å²) in [7, 11) is 1.65. The van der Waals surface area contributed by atoms with Gasteiger partial charge in [-0.15, -0.1) is 0 Å². The van der Waals surface area contributed by atoms with E-state index in [1.807, 2.05) is 0 Å². The van der Waals surface area contributed by atoms with E-state index in [0.717, 1.165) is 0 Å².